The number of anilines is 3. The van der Waals surface area contributed by atoms with E-state index in [0.29, 0.717) is 28.9 Å². The number of piperazine rings is 1. The van der Waals surface area contributed by atoms with Crippen molar-refractivity contribution in [1.29, 1.82) is 0 Å². The fourth-order valence-corrected chi connectivity index (χ4v) is 5.38. The van der Waals surface area contributed by atoms with Gasteiger partial charge in [0.15, 0.2) is 11.5 Å². The highest BCUT2D eigenvalue weighted by Gasteiger charge is 2.34. The van der Waals surface area contributed by atoms with Crippen LogP contribution in [0.25, 0.3) is 22.2 Å². The van der Waals surface area contributed by atoms with E-state index in [1.165, 1.54) is 12.1 Å². The fraction of sp³-hybridized carbons (Fsp3) is 0.172. The summed E-state index contributed by atoms with van der Waals surface area (Å²) in [6, 6.07) is 19.8. The van der Waals surface area contributed by atoms with Crippen molar-refractivity contribution in [3.05, 3.63) is 95.7 Å². The van der Waals surface area contributed by atoms with Crippen LogP contribution in [-0.4, -0.2) is 37.1 Å². The monoisotopic (exact) mass is 494 g/mol. The number of aromatic nitrogens is 1. The summed E-state index contributed by atoms with van der Waals surface area (Å²) < 4.78 is 24.8. The molecule has 1 aliphatic carbocycles. The second-order valence-electron chi connectivity index (χ2n) is 9.31. The van der Waals surface area contributed by atoms with Crippen LogP contribution < -0.4 is 15.1 Å². The average molecular weight is 495 g/mol. The van der Waals surface area contributed by atoms with E-state index in [-0.39, 0.29) is 11.6 Å². The van der Waals surface area contributed by atoms with Crippen LogP contribution in [0.2, 0.25) is 0 Å². The summed E-state index contributed by atoms with van der Waals surface area (Å²) in [6.07, 6.45) is 1.63. The molecule has 37 heavy (non-hydrogen) atoms. The number of furan rings is 1. The first-order valence-corrected chi connectivity index (χ1v) is 12.3. The Labute approximate surface area is 212 Å². The first kappa shape index (κ1) is 21.7. The van der Waals surface area contributed by atoms with Crippen molar-refractivity contribution in [1.82, 2.24) is 5.16 Å². The molecule has 7 nitrogen and oxygen atoms in total. The van der Waals surface area contributed by atoms with Crippen molar-refractivity contribution < 1.29 is 18.1 Å². The van der Waals surface area contributed by atoms with E-state index < -0.39 is 0 Å². The SMILES string of the molecule is O=C1c2ccccc2-c2onc3c(N4CCN(c5ccc(F)cc5)CC4)cc(NCc4ccco4)c1c23. The van der Waals surface area contributed by atoms with Crippen molar-refractivity contribution in [2.45, 2.75) is 6.54 Å². The number of fused-ring (bicyclic) bond motifs is 2. The lowest BCUT2D eigenvalue weighted by molar-refractivity contribution is 0.104. The minimum atomic E-state index is -0.237. The van der Waals surface area contributed by atoms with E-state index in [2.05, 4.69) is 20.3 Å². The zero-order chi connectivity index (χ0) is 24.9. The van der Waals surface area contributed by atoms with Crippen molar-refractivity contribution in [3.63, 3.8) is 0 Å². The first-order chi connectivity index (χ1) is 18.2. The predicted octanol–water partition coefficient (Wildman–Crippen LogP) is 5.71. The van der Waals surface area contributed by atoms with Gasteiger partial charge in [-0.2, -0.15) is 0 Å². The van der Waals surface area contributed by atoms with Crippen LogP contribution in [0, 0.1) is 5.82 Å². The third kappa shape index (κ3) is 3.56. The number of carbonyl (C=O) groups excluding carboxylic acids is 1. The highest BCUT2D eigenvalue weighted by Crippen LogP contribution is 2.46. The molecule has 1 fully saturated rings. The molecule has 0 atom stereocenters. The van der Waals surface area contributed by atoms with E-state index in [0.717, 1.165) is 60.0 Å². The molecule has 1 aliphatic heterocycles. The molecule has 0 unspecified atom stereocenters. The van der Waals surface area contributed by atoms with Crippen LogP contribution in [0.15, 0.2) is 81.9 Å². The van der Waals surface area contributed by atoms with Gasteiger partial charge in [-0.1, -0.05) is 29.4 Å². The molecule has 0 bridgehead atoms. The molecule has 0 saturated carbocycles. The molecule has 2 aromatic heterocycles. The largest absolute Gasteiger partial charge is 0.467 e. The van der Waals surface area contributed by atoms with E-state index >= 15 is 0 Å². The van der Waals surface area contributed by atoms with Gasteiger partial charge in [-0.05, 0) is 42.5 Å². The number of ketones is 1. The summed E-state index contributed by atoms with van der Waals surface area (Å²) in [5.41, 5.74) is 5.28. The Balaban J connectivity index is 1.29. The summed E-state index contributed by atoms with van der Waals surface area (Å²) in [5.74, 6) is 1.11. The number of benzene rings is 3. The molecule has 184 valence electrons. The van der Waals surface area contributed by atoms with Gasteiger partial charge in [0.2, 0.25) is 0 Å². The Morgan fingerprint density at radius 2 is 1.68 bits per heavy atom. The lowest BCUT2D eigenvalue weighted by Crippen LogP contribution is -2.46. The van der Waals surface area contributed by atoms with Gasteiger partial charge in [-0.25, -0.2) is 4.39 Å². The van der Waals surface area contributed by atoms with Crippen LogP contribution in [-0.2, 0) is 6.54 Å². The molecule has 3 heterocycles. The predicted molar refractivity (Wildman–Crippen MR) is 140 cm³/mol. The van der Waals surface area contributed by atoms with Crippen molar-refractivity contribution >= 4 is 33.7 Å². The van der Waals surface area contributed by atoms with Crippen LogP contribution in [0.3, 0.4) is 0 Å². The molecular formula is C29H23FN4O3. The molecule has 1 N–H and O–H groups in total. The Bertz CT molecular complexity index is 1620. The smallest absolute Gasteiger partial charge is 0.196 e. The van der Waals surface area contributed by atoms with Gasteiger partial charge in [0.25, 0.3) is 0 Å². The maximum Gasteiger partial charge on any atom is 0.196 e. The zero-order valence-electron chi connectivity index (χ0n) is 19.9. The number of carbonyl (C=O) groups is 1. The Morgan fingerprint density at radius 3 is 2.43 bits per heavy atom. The molecule has 0 amide bonds. The standard InChI is InChI=1S/C29H23FN4O3/c30-18-7-9-19(10-8-18)33-11-13-34(14-12-33)24-16-23(31-17-20-4-3-15-36-20)25-26-27(24)32-37-29(26)22-6-2-1-5-21(22)28(25)35/h1-10,15-16,31H,11-14,17H2. The highest BCUT2D eigenvalue weighted by atomic mass is 19.1. The normalized spacial score (nSPS) is 14.8. The molecule has 8 heteroatoms. The van der Waals surface area contributed by atoms with Gasteiger partial charge < -0.3 is 24.1 Å². The number of nitrogens with zero attached hydrogens (tertiary/aromatic N) is 3. The molecule has 1 saturated heterocycles. The van der Waals surface area contributed by atoms with E-state index in [1.54, 1.807) is 6.26 Å². The molecule has 3 aromatic carbocycles. The Kier molecular flexibility index (Phi) is 4.99. The van der Waals surface area contributed by atoms with Gasteiger partial charge in [0.1, 0.15) is 17.1 Å². The third-order valence-corrected chi connectivity index (χ3v) is 7.22. The van der Waals surface area contributed by atoms with Gasteiger partial charge in [0, 0.05) is 48.7 Å². The van der Waals surface area contributed by atoms with Crippen molar-refractivity contribution in [2.24, 2.45) is 0 Å². The highest BCUT2D eigenvalue weighted by molar-refractivity contribution is 6.28. The van der Waals surface area contributed by atoms with Crippen LogP contribution in [0.5, 0.6) is 0 Å². The van der Waals surface area contributed by atoms with Crippen LogP contribution in [0.4, 0.5) is 21.5 Å². The van der Waals surface area contributed by atoms with Crippen LogP contribution in [0.1, 0.15) is 21.7 Å². The van der Waals surface area contributed by atoms with Gasteiger partial charge in [0.05, 0.1) is 29.4 Å². The van der Waals surface area contributed by atoms with Crippen molar-refractivity contribution in [2.75, 3.05) is 41.3 Å². The third-order valence-electron chi connectivity index (χ3n) is 7.22. The van der Waals surface area contributed by atoms with E-state index in [4.69, 9.17) is 8.94 Å². The summed E-state index contributed by atoms with van der Waals surface area (Å²) >= 11 is 0. The second-order valence-corrected chi connectivity index (χ2v) is 9.31. The van der Waals surface area contributed by atoms with Gasteiger partial charge in [-0.15, -0.1) is 0 Å². The minimum absolute atomic E-state index is 0.0501. The summed E-state index contributed by atoms with van der Waals surface area (Å²) in [5, 5.41) is 8.64. The summed E-state index contributed by atoms with van der Waals surface area (Å²) in [6.45, 7) is 3.48. The number of halogens is 1. The molecule has 5 aromatic rings. The summed E-state index contributed by atoms with van der Waals surface area (Å²) in [4.78, 5) is 18.2. The topological polar surface area (TPSA) is 74.8 Å². The van der Waals surface area contributed by atoms with E-state index in [1.807, 2.05) is 54.6 Å². The second kappa shape index (κ2) is 8.51. The fourth-order valence-electron chi connectivity index (χ4n) is 5.38. The number of hydrogen-bond acceptors (Lipinski definition) is 7. The molecule has 0 radical (unpaired) electrons. The maximum absolute atomic E-state index is 13.7. The molecule has 0 spiro atoms. The molecular weight excluding hydrogens is 471 g/mol. The van der Waals surface area contributed by atoms with Gasteiger partial charge in [-0.3, -0.25) is 4.79 Å². The number of rotatable bonds is 5. The lowest BCUT2D eigenvalue weighted by Gasteiger charge is -2.37. The quantitative estimate of drug-likeness (QED) is 0.329. The minimum Gasteiger partial charge on any atom is -0.467 e. The average Bonchev–Trinajstić information content (AvgIpc) is 3.62. The molecule has 2 aliphatic rings. The molecule has 7 rings (SSSR count). The number of hydrogen-bond donors (Lipinski definition) is 1. The lowest BCUT2D eigenvalue weighted by atomic mass is 9.86. The van der Waals surface area contributed by atoms with Crippen LogP contribution >= 0.6 is 0 Å². The Morgan fingerprint density at radius 1 is 0.919 bits per heavy atom. The zero-order valence-corrected chi connectivity index (χ0v) is 19.9. The van der Waals surface area contributed by atoms with E-state index in [9.17, 15) is 9.18 Å². The number of nitrogens with one attached hydrogen (secondary N) is 1. The van der Waals surface area contributed by atoms with Crippen molar-refractivity contribution in [3.8, 4) is 11.3 Å². The Hall–Kier alpha value is -4.59. The van der Waals surface area contributed by atoms with Gasteiger partial charge >= 0.3 is 0 Å². The maximum atomic E-state index is 13.7. The first-order valence-electron chi connectivity index (χ1n) is 12.3. The summed E-state index contributed by atoms with van der Waals surface area (Å²) in [7, 11) is 0.